The molecule has 0 radical (unpaired) electrons. The highest BCUT2D eigenvalue weighted by atomic mass is 32.2. The highest BCUT2D eigenvalue weighted by Gasteiger charge is 2.24. The lowest BCUT2D eigenvalue weighted by molar-refractivity contribution is 0.592. The molecule has 1 atom stereocenters. The van der Waals surface area contributed by atoms with E-state index in [0.717, 1.165) is 11.3 Å². The lowest BCUT2D eigenvalue weighted by Crippen LogP contribution is -2.25. The highest BCUT2D eigenvalue weighted by Crippen LogP contribution is 2.14. The molecule has 1 heterocycles. The van der Waals surface area contributed by atoms with E-state index in [4.69, 9.17) is 5.26 Å². The number of anilines is 1. The number of nitrogens with one attached hydrogen (secondary N) is 1. The van der Waals surface area contributed by atoms with Gasteiger partial charge in [-0.05, 0) is 6.42 Å². The molecule has 0 fully saturated rings. The molecule has 6 nitrogen and oxygen atoms in total. The van der Waals surface area contributed by atoms with Gasteiger partial charge in [-0.2, -0.15) is 5.26 Å². The van der Waals surface area contributed by atoms with Gasteiger partial charge in [-0.3, -0.25) is 4.72 Å². The van der Waals surface area contributed by atoms with Crippen LogP contribution in [0.3, 0.4) is 0 Å². The average Bonchev–Trinajstić information content (AvgIpc) is 2.57. The summed E-state index contributed by atoms with van der Waals surface area (Å²) in [6.45, 7) is 1.63. The molecule has 0 amide bonds. The summed E-state index contributed by atoms with van der Waals surface area (Å²) in [7, 11) is -3.65. The van der Waals surface area contributed by atoms with Crippen molar-refractivity contribution in [1.82, 2.24) is 10.2 Å². The van der Waals surface area contributed by atoms with E-state index in [1.807, 2.05) is 0 Å². The monoisotopic (exact) mass is 232 g/mol. The van der Waals surface area contributed by atoms with Crippen LogP contribution in [-0.4, -0.2) is 23.9 Å². The molecule has 1 aromatic rings. The van der Waals surface area contributed by atoms with Crippen molar-refractivity contribution in [3.05, 3.63) is 5.51 Å². The number of rotatable bonds is 4. The molecule has 0 saturated heterocycles. The van der Waals surface area contributed by atoms with E-state index in [1.54, 1.807) is 13.0 Å². The molecule has 14 heavy (non-hydrogen) atoms. The Morgan fingerprint density at radius 2 is 2.50 bits per heavy atom. The zero-order valence-corrected chi connectivity index (χ0v) is 8.97. The molecule has 0 spiro atoms. The van der Waals surface area contributed by atoms with Crippen LogP contribution in [0.25, 0.3) is 0 Å². The Bertz CT molecular complexity index is 419. The smallest absolute Gasteiger partial charge is 0.250 e. The standard InChI is InChI=1S/C6H8N4O2S2/c1-2-5(3-7)14(11,12)10-6-9-8-4-13-6/h4-5H,2H2,1H3,(H,9,10). The molecule has 0 bridgehead atoms. The van der Waals surface area contributed by atoms with Gasteiger partial charge in [0.25, 0.3) is 10.0 Å². The van der Waals surface area contributed by atoms with Gasteiger partial charge in [-0.15, -0.1) is 10.2 Å². The van der Waals surface area contributed by atoms with Gasteiger partial charge in [-0.25, -0.2) is 8.42 Å². The molecule has 0 aromatic carbocycles. The first-order chi connectivity index (χ1) is 6.60. The number of nitriles is 1. The van der Waals surface area contributed by atoms with Gasteiger partial charge in [-0.1, -0.05) is 18.3 Å². The predicted molar refractivity (Wildman–Crippen MR) is 52.1 cm³/mol. The second-order valence-corrected chi connectivity index (χ2v) is 5.11. The second-order valence-electron chi connectivity index (χ2n) is 2.42. The van der Waals surface area contributed by atoms with Crippen LogP contribution < -0.4 is 4.72 Å². The number of hydrogen-bond acceptors (Lipinski definition) is 6. The van der Waals surface area contributed by atoms with Crippen molar-refractivity contribution in [2.24, 2.45) is 0 Å². The summed E-state index contributed by atoms with van der Waals surface area (Å²) < 4.78 is 25.1. The number of sulfonamides is 1. The molecule has 1 aromatic heterocycles. The van der Waals surface area contributed by atoms with Crippen LogP contribution >= 0.6 is 11.3 Å². The van der Waals surface area contributed by atoms with E-state index >= 15 is 0 Å². The Kier molecular flexibility index (Phi) is 3.38. The van der Waals surface area contributed by atoms with Crippen molar-refractivity contribution in [1.29, 1.82) is 5.26 Å². The maximum atomic E-state index is 11.5. The first-order valence-electron chi connectivity index (χ1n) is 3.77. The lowest BCUT2D eigenvalue weighted by atomic mass is 10.4. The molecule has 1 unspecified atom stereocenters. The fourth-order valence-corrected chi connectivity index (χ4v) is 2.62. The van der Waals surface area contributed by atoms with Crippen molar-refractivity contribution in [3.8, 4) is 6.07 Å². The Morgan fingerprint density at radius 3 is 2.93 bits per heavy atom. The van der Waals surface area contributed by atoms with Crippen LogP contribution in [0.2, 0.25) is 0 Å². The minimum Gasteiger partial charge on any atom is -0.256 e. The Balaban J connectivity index is 2.83. The largest absolute Gasteiger partial charge is 0.256 e. The quantitative estimate of drug-likeness (QED) is 0.819. The first-order valence-corrected chi connectivity index (χ1v) is 6.20. The molecule has 0 saturated carbocycles. The van der Waals surface area contributed by atoms with E-state index in [0.29, 0.717) is 0 Å². The number of nitrogens with zero attached hydrogens (tertiary/aromatic N) is 3. The lowest BCUT2D eigenvalue weighted by Gasteiger charge is -2.07. The summed E-state index contributed by atoms with van der Waals surface area (Å²) in [5.41, 5.74) is 1.41. The van der Waals surface area contributed by atoms with E-state index in [-0.39, 0.29) is 11.6 Å². The first kappa shape index (κ1) is 10.9. The average molecular weight is 232 g/mol. The minimum atomic E-state index is -3.65. The minimum absolute atomic E-state index is 0.179. The number of hydrogen-bond donors (Lipinski definition) is 1. The summed E-state index contributed by atoms with van der Waals surface area (Å²) in [5, 5.41) is 14.7. The summed E-state index contributed by atoms with van der Waals surface area (Å²) in [4.78, 5) is 0. The van der Waals surface area contributed by atoms with Gasteiger partial charge in [0, 0.05) is 0 Å². The third-order valence-corrected chi connectivity index (χ3v) is 3.88. The number of aromatic nitrogens is 2. The molecule has 0 aliphatic rings. The Labute approximate surface area is 85.6 Å². The molecule has 1 rings (SSSR count). The van der Waals surface area contributed by atoms with Crippen LogP contribution in [0.1, 0.15) is 13.3 Å². The molecular formula is C6H8N4O2S2. The van der Waals surface area contributed by atoms with Crippen LogP contribution in [0, 0.1) is 11.3 Å². The summed E-state index contributed by atoms with van der Waals surface area (Å²) >= 11 is 1.07. The van der Waals surface area contributed by atoms with E-state index in [9.17, 15) is 8.42 Å². The van der Waals surface area contributed by atoms with Gasteiger partial charge in [0.15, 0.2) is 5.25 Å². The Hall–Kier alpha value is -1.20. The topological polar surface area (TPSA) is 95.7 Å². The van der Waals surface area contributed by atoms with Gasteiger partial charge in [0.1, 0.15) is 5.51 Å². The van der Waals surface area contributed by atoms with Crippen molar-refractivity contribution in [2.75, 3.05) is 4.72 Å². The van der Waals surface area contributed by atoms with Gasteiger partial charge >= 0.3 is 0 Å². The Morgan fingerprint density at radius 1 is 1.79 bits per heavy atom. The second kappa shape index (κ2) is 4.34. The molecule has 0 aliphatic heterocycles. The van der Waals surface area contributed by atoms with Crippen molar-refractivity contribution in [3.63, 3.8) is 0 Å². The van der Waals surface area contributed by atoms with Crippen molar-refractivity contribution >= 4 is 26.5 Å². The van der Waals surface area contributed by atoms with Gasteiger partial charge < -0.3 is 0 Å². The van der Waals surface area contributed by atoms with Crippen LogP contribution in [0.15, 0.2) is 5.51 Å². The van der Waals surface area contributed by atoms with Gasteiger partial charge in [0.2, 0.25) is 5.13 Å². The zero-order chi connectivity index (χ0) is 10.6. The van der Waals surface area contributed by atoms with Gasteiger partial charge in [0.05, 0.1) is 6.07 Å². The fraction of sp³-hybridized carbons (Fsp3) is 0.500. The third kappa shape index (κ3) is 2.40. The maximum Gasteiger partial charge on any atom is 0.250 e. The summed E-state index contributed by atoms with van der Waals surface area (Å²) in [5.74, 6) is 0. The summed E-state index contributed by atoms with van der Waals surface area (Å²) in [6.07, 6.45) is 0.241. The SMILES string of the molecule is CCC(C#N)S(=O)(=O)Nc1nncs1. The van der Waals surface area contributed by atoms with Crippen molar-refractivity contribution in [2.45, 2.75) is 18.6 Å². The van der Waals surface area contributed by atoms with Crippen LogP contribution in [0.5, 0.6) is 0 Å². The highest BCUT2D eigenvalue weighted by molar-refractivity contribution is 7.93. The third-order valence-electron chi connectivity index (χ3n) is 1.48. The molecule has 1 N–H and O–H groups in total. The van der Waals surface area contributed by atoms with Crippen molar-refractivity contribution < 1.29 is 8.42 Å². The van der Waals surface area contributed by atoms with Crippen LogP contribution in [0.4, 0.5) is 5.13 Å². The van der Waals surface area contributed by atoms with E-state index in [2.05, 4.69) is 14.9 Å². The normalized spacial score (nSPS) is 13.1. The van der Waals surface area contributed by atoms with E-state index in [1.165, 1.54) is 5.51 Å². The predicted octanol–water partition coefficient (Wildman–Crippen LogP) is 0.582. The molecule has 8 heteroatoms. The molecule has 0 aliphatic carbocycles. The maximum absolute atomic E-state index is 11.5. The molecule has 76 valence electrons. The fourth-order valence-electron chi connectivity index (χ4n) is 0.790. The molecular weight excluding hydrogens is 224 g/mol. The van der Waals surface area contributed by atoms with Crippen LogP contribution in [-0.2, 0) is 10.0 Å². The summed E-state index contributed by atoms with van der Waals surface area (Å²) in [6, 6.07) is 1.71. The zero-order valence-electron chi connectivity index (χ0n) is 7.34. The van der Waals surface area contributed by atoms with E-state index < -0.39 is 15.3 Å².